The molecule has 0 saturated carbocycles. The highest BCUT2D eigenvalue weighted by Crippen LogP contribution is 2.25. The molecule has 0 unspecified atom stereocenters. The van der Waals surface area contributed by atoms with Crippen molar-refractivity contribution < 1.29 is 18.7 Å². The molecule has 0 atom stereocenters. The summed E-state index contributed by atoms with van der Waals surface area (Å²) in [5.41, 5.74) is 4.12. The Bertz CT molecular complexity index is 1300. The summed E-state index contributed by atoms with van der Waals surface area (Å²) in [7, 11) is 0. The number of nitrogens with zero attached hydrogens (tertiary/aromatic N) is 2. The summed E-state index contributed by atoms with van der Waals surface area (Å²) < 4.78 is 18.9. The number of carbonyl (C=O) groups excluding carboxylic acids is 1. The molecular weight excluding hydrogens is 442 g/mol. The number of benzene rings is 2. The van der Waals surface area contributed by atoms with Gasteiger partial charge in [0.1, 0.15) is 23.9 Å². The Balaban J connectivity index is 1.28. The molecule has 0 aliphatic carbocycles. The molecule has 0 aliphatic rings. The van der Waals surface area contributed by atoms with Crippen molar-refractivity contribution in [2.45, 2.75) is 53.4 Å². The summed E-state index contributed by atoms with van der Waals surface area (Å²) in [6.45, 7) is 11.0. The van der Waals surface area contributed by atoms with Crippen molar-refractivity contribution in [1.29, 1.82) is 0 Å². The smallest absolute Gasteiger partial charge is 0.291 e. The van der Waals surface area contributed by atoms with Crippen LogP contribution in [-0.2, 0) is 18.8 Å². The Morgan fingerprint density at radius 3 is 2.51 bits per heavy atom. The number of hydrogen-bond donors (Lipinski definition) is 1. The fraction of sp³-hybridized carbons (Fsp3) is 0.286. The Kier molecular flexibility index (Phi) is 6.96. The molecule has 2 heterocycles. The van der Waals surface area contributed by atoms with Crippen LogP contribution >= 0.6 is 0 Å². The molecule has 182 valence electrons. The third-order valence-electron chi connectivity index (χ3n) is 5.56. The molecule has 7 heteroatoms. The van der Waals surface area contributed by atoms with Crippen LogP contribution in [0.25, 0.3) is 0 Å². The fourth-order valence-corrected chi connectivity index (χ4v) is 3.57. The largest absolute Gasteiger partial charge is 0.486 e. The van der Waals surface area contributed by atoms with E-state index in [0.717, 1.165) is 17.1 Å². The van der Waals surface area contributed by atoms with Gasteiger partial charge >= 0.3 is 0 Å². The predicted molar refractivity (Wildman–Crippen MR) is 135 cm³/mol. The maximum atomic E-state index is 12.6. The topological polar surface area (TPSA) is 78.5 Å². The van der Waals surface area contributed by atoms with Gasteiger partial charge in [0, 0.05) is 0 Å². The van der Waals surface area contributed by atoms with Gasteiger partial charge in [0.05, 0.1) is 18.1 Å². The molecule has 0 spiro atoms. The molecule has 7 nitrogen and oxygen atoms in total. The van der Waals surface area contributed by atoms with Crippen molar-refractivity contribution in [3.63, 3.8) is 0 Å². The summed E-state index contributed by atoms with van der Waals surface area (Å²) in [5, 5.41) is 7.03. The summed E-state index contributed by atoms with van der Waals surface area (Å²) in [4.78, 5) is 12.6. The Hall–Kier alpha value is -4.00. The van der Waals surface area contributed by atoms with Crippen LogP contribution in [0.3, 0.4) is 0 Å². The number of carbonyl (C=O) groups is 1. The van der Waals surface area contributed by atoms with Gasteiger partial charge in [-0.05, 0) is 60.7 Å². The zero-order valence-electron chi connectivity index (χ0n) is 20.8. The van der Waals surface area contributed by atoms with Gasteiger partial charge in [0.2, 0.25) is 0 Å². The van der Waals surface area contributed by atoms with Gasteiger partial charge in [-0.15, -0.1) is 0 Å². The number of aryl methyl sites for hydroxylation is 2. The molecule has 4 rings (SSSR count). The van der Waals surface area contributed by atoms with Gasteiger partial charge < -0.3 is 19.2 Å². The van der Waals surface area contributed by atoms with Gasteiger partial charge in [0.25, 0.3) is 5.91 Å². The van der Waals surface area contributed by atoms with E-state index in [4.69, 9.17) is 13.9 Å². The van der Waals surface area contributed by atoms with Crippen LogP contribution in [-0.4, -0.2) is 15.7 Å². The highest BCUT2D eigenvalue weighted by molar-refractivity contribution is 6.02. The van der Waals surface area contributed by atoms with E-state index in [9.17, 15) is 4.79 Å². The van der Waals surface area contributed by atoms with Crippen molar-refractivity contribution in [2.75, 3.05) is 5.32 Å². The average Bonchev–Trinajstić information content (AvgIpc) is 3.46. The minimum atomic E-state index is -0.361. The quantitative estimate of drug-likeness (QED) is 0.327. The van der Waals surface area contributed by atoms with E-state index in [1.54, 1.807) is 29.2 Å². The molecule has 2 aromatic carbocycles. The lowest BCUT2D eigenvalue weighted by Gasteiger charge is -2.19. The first-order chi connectivity index (χ1) is 16.7. The number of aromatic nitrogens is 2. The number of amides is 1. The standard InChI is InChI=1S/C28H31N3O4/c1-19-6-12-25(20(2)14-19)34-18-31-16-22(15-29-31)30-27(32)26-13-11-24(35-26)17-33-23-9-7-21(8-10-23)28(3,4)5/h6-16H,17-18H2,1-5H3,(H,30,32). The van der Waals surface area contributed by atoms with E-state index in [0.29, 0.717) is 11.4 Å². The summed E-state index contributed by atoms with van der Waals surface area (Å²) in [6, 6.07) is 17.4. The number of anilines is 1. The molecule has 35 heavy (non-hydrogen) atoms. The lowest BCUT2D eigenvalue weighted by Crippen LogP contribution is -2.11. The first kappa shape index (κ1) is 24.1. The zero-order valence-corrected chi connectivity index (χ0v) is 20.8. The first-order valence-corrected chi connectivity index (χ1v) is 11.5. The summed E-state index contributed by atoms with van der Waals surface area (Å²) in [6.07, 6.45) is 3.27. The van der Waals surface area contributed by atoms with E-state index in [1.165, 1.54) is 11.1 Å². The van der Waals surface area contributed by atoms with E-state index < -0.39 is 0 Å². The lowest BCUT2D eigenvalue weighted by atomic mass is 9.87. The minimum Gasteiger partial charge on any atom is -0.486 e. The Morgan fingerprint density at radius 1 is 1.03 bits per heavy atom. The molecule has 1 amide bonds. The number of furan rings is 1. The van der Waals surface area contributed by atoms with Crippen LogP contribution in [0.1, 0.15) is 53.8 Å². The molecule has 0 radical (unpaired) electrons. The molecule has 0 bridgehead atoms. The van der Waals surface area contributed by atoms with Crippen molar-refractivity contribution in [3.05, 3.63) is 95.2 Å². The van der Waals surface area contributed by atoms with Crippen molar-refractivity contribution in [2.24, 2.45) is 0 Å². The highest BCUT2D eigenvalue weighted by atomic mass is 16.5. The number of nitrogens with one attached hydrogen (secondary N) is 1. The molecule has 1 N–H and O–H groups in total. The van der Waals surface area contributed by atoms with Crippen molar-refractivity contribution >= 4 is 11.6 Å². The zero-order chi connectivity index (χ0) is 25.0. The van der Waals surface area contributed by atoms with E-state index in [2.05, 4.69) is 49.4 Å². The molecule has 0 saturated heterocycles. The van der Waals surface area contributed by atoms with E-state index in [-0.39, 0.29) is 30.4 Å². The third kappa shape index (κ3) is 6.32. The molecule has 0 fully saturated rings. The Morgan fingerprint density at radius 2 is 1.80 bits per heavy atom. The summed E-state index contributed by atoms with van der Waals surface area (Å²) >= 11 is 0. The third-order valence-corrected chi connectivity index (χ3v) is 5.56. The van der Waals surface area contributed by atoms with Gasteiger partial charge in [-0.25, -0.2) is 4.68 Å². The number of rotatable bonds is 8. The van der Waals surface area contributed by atoms with Crippen LogP contribution in [0, 0.1) is 13.8 Å². The van der Waals surface area contributed by atoms with E-state index in [1.807, 2.05) is 38.1 Å². The maximum Gasteiger partial charge on any atom is 0.291 e. The van der Waals surface area contributed by atoms with Crippen LogP contribution in [0.5, 0.6) is 11.5 Å². The molecule has 0 aliphatic heterocycles. The highest BCUT2D eigenvalue weighted by Gasteiger charge is 2.15. The van der Waals surface area contributed by atoms with E-state index >= 15 is 0 Å². The lowest BCUT2D eigenvalue weighted by molar-refractivity contribution is 0.0992. The minimum absolute atomic E-state index is 0.0888. The predicted octanol–water partition coefficient (Wildman–Crippen LogP) is 6.26. The Labute approximate surface area is 205 Å². The second-order valence-corrected chi connectivity index (χ2v) is 9.59. The molecule has 2 aromatic heterocycles. The van der Waals surface area contributed by atoms with Gasteiger partial charge in [0.15, 0.2) is 12.5 Å². The van der Waals surface area contributed by atoms with Gasteiger partial charge in [-0.2, -0.15) is 5.10 Å². The molecule has 4 aromatic rings. The molecular formula is C28H31N3O4. The fourth-order valence-electron chi connectivity index (χ4n) is 3.57. The second kappa shape index (κ2) is 10.1. The summed E-state index contributed by atoms with van der Waals surface area (Å²) in [5.74, 6) is 1.95. The van der Waals surface area contributed by atoms with Crippen LogP contribution in [0.4, 0.5) is 5.69 Å². The number of hydrogen-bond acceptors (Lipinski definition) is 5. The van der Waals surface area contributed by atoms with Crippen LogP contribution in [0.15, 0.2) is 71.4 Å². The van der Waals surface area contributed by atoms with Crippen molar-refractivity contribution in [1.82, 2.24) is 9.78 Å². The van der Waals surface area contributed by atoms with Gasteiger partial charge in [-0.3, -0.25) is 4.79 Å². The van der Waals surface area contributed by atoms with Gasteiger partial charge in [-0.1, -0.05) is 50.6 Å². The first-order valence-electron chi connectivity index (χ1n) is 11.5. The monoisotopic (exact) mass is 473 g/mol. The van der Waals surface area contributed by atoms with Crippen molar-refractivity contribution in [3.8, 4) is 11.5 Å². The maximum absolute atomic E-state index is 12.6. The SMILES string of the molecule is Cc1ccc(OCn2cc(NC(=O)c3ccc(COc4ccc(C(C)(C)C)cc4)o3)cn2)c(C)c1. The van der Waals surface area contributed by atoms with Crippen LogP contribution < -0.4 is 14.8 Å². The van der Waals surface area contributed by atoms with Crippen LogP contribution in [0.2, 0.25) is 0 Å². The average molecular weight is 474 g/mol. The normalized spacial score (nSPS) is 11.3. The second-order valence-electron chi connectivity index (χ2n) is 9.59. The number of ether oxygens (including phenoxy) is 2.